The molecule has 0 aromatic heterocycles. The van der Waals surface area contributed by atoms with Gasteiger partial charge in [-0.1, -0.05) is 36.3 Å². The molecule has 3 N–H and O–H groups in total. The molecule has 2 heterocycles. The van der Waals surface area contributed by atoms with Crippen molar-refractivity contribution >= 4 is 15.9 Å². The number of carbonyl (C=O) groups is 1. The number of hydrogen-bond donors (Lipinski definition) is 3. The van der Waals surface area contributed by atoms with E-state index in [1.807, 2.05) is 6.92 Å². The van der Waals surface area contributed by atoms with Gasteiger partial charge in [0.1, 0.15) is 6.10 Å². The van der Waals surface area contributed by atoms with Crippen molar-refractivity contribution in [1.82, 2.24) is 14.9 Å². The SMILES string of the molecule is Cc1ccc(S(=O)(=O)N[C@@H]2C=C[C@H](CC(=O)NCCN3CCCCC3)O[C@H]2CO)cc1. The van der Waals surface area contributed by atoms with Gasteiger partial charge in [-0.3, -0.25) is 4.79 Å². The number of nitrogens with zero attached hydrogens (tertiary/aromatic N) is 1. The fourth-order valence-electron chi connectivity index (χ4n) is 3.87. The fraction of sp³-hybridized carbons (Fsp3) is 0.591. The van der Waals surface area contributed by atoms with Gasteiger partial charge in [0.05, 0.1) is 30.1 Å². The van der Waals surface area contributed by atoms with Crippen LogP contribution in [0, 0.1) is 6.92 Å². The highest BCUT2D eigenvalue weighted by atomic mass is 32.2. The number of hydrogen-bond acceptors (Lipinski definition) is 6. The second kappa shape index (κ2) is 11.2. The van der Waals surface area contributed by atoms with Crippen LogP contribution in [0.3, 0.4) is 0 Å². The molecule has 1 fully saturated rings. The predicted octanol–water partition coefficient (Wildman–Crippen LogP) is 0.950. The van der Waals surface area contributed by atoms with E-state index in [1.54, 1.807) is 24.3 Å². The molecule has 8 nitrogen and oxygen atoms in total. The van der Waals surface area contributed by atoms with Crippen LogP contribution < -0.4 is 10.0 Å². The smallest absolute Gasteiger partial charge is 0.241 e. The molecule has 172 valence electrons. The van der Waals surface area contributed by atoms with Crippen molar-refractivity contribution in [3.8, 4) is 0 Å². The fourth-order valence-corrected chi connectivity index (χ4v) is 5.09. The van der Waals surface area contributed by atoms with Crippen LogP contribution in [0.5, 0.6) is 0 Å². The molecular weight excluding hydrogens is 418 g/mol. The van der Waals surface area contributed by atoms with Crippen molar-refractivity contribution in [3.05, 3.63) is 42.0 Å². The third kappa shape index (κ3) is 7.11. The number of rotatable bonds is 9. The van der Waals surface area contributed by atoms with Crippen molar-refractivity contribution in [2.45, 2.75) is 55.8 Å². The number of amides is 1. The monoisotopic (exact) mass is 451 g/mol. The third-order valence-electron chi connectivity index (χ3n) is 5.67. The minimum Gasteiger partial charge on any atom is -0.394 e. The second-order valence-electron chi connectivity index (χ2n) is 8.20. The van der Waals surface area contributed by atoms with Gasteiger partial charge in [-0.2, -0.15) is 0 Å². The first kappa shape index (κ1) is 23.9. The average Bonchev–Trinajstić information content (AvgIpc) is 2.75. The summed E-state index contributed by atoms with van der Waals surface area (Å²) in [5.41, 5.74) is 0.963. The number of ether oxygens (including phenoxy) is 1. The molecular formula is C22H33N3O5S. The Morgan fingerprint density at radius 3 is 2.55 bits per heavy atom. The first-order valence-corrected chi connectivity index (χ1v) is 12.4. The average molecular weight is 452 g/mol. The normalized spacial score (nSPS) is 24.8. The van der Waals surface area contributed by atoms with E-state index in [-0.39, 0.29) is 23.8 Å². The highest BCUT2D eigenvalue weighted by Gasteiger charge is 2.31. The van der Waals surface area contributed by atoms with E-state index in [2.05, 4.69) is 14.9 Å². The minimum absolute atomic E-state index is 0.123. The molecule has 0 bridgehead atoms. The Morgan fingerprint density at radius 2 is 1.87 bits per heavy atom. The molecule has 3 atom stereocenters. The third-order valence-corrected chi connectivity index (χ3v) is 7.15. The zero-order valence-electron chi connectivity index (χ0n) is 18.0. The van der Waals surface area contributed by atoms with Crippen LogP contribution in [0.25, 0.3) is 0 Å². The van der Waals surface area contributed by atoms with Crippen LogP contribution in [0.4, 0.5) is 0 Å². The summed E-state index contributed by atoms with van der Waals surface area (Å²) >= 11 is 0. The summed E-state index contributed by atoms with van der Waals surface area (Å²) in [6.45, 7) is 5.13. The molecule has 31 heavy (non-hydrogen) atoms. The van der Waals surface area contributed by atoms with Crippen LogP contribution in [0.2, 0.25) is 0 Å². The summed E-state index contributed by atoms with van der Waals surface area (Å²) in [5.74, 6) is -0.123. The van der Waals surface area contributed by atoms with Crippen LogP contribution in [-0.4, -0.2) is 75.4 Å². The van der Waals surface area contributed by atoms with Gasteiger partial charge in [-0.05, 0) is 45.0 Å². The molecule has 0 unspecified atom stereocenters. The lowest BCUT2D eigenvalue weighted by molar-refractivity contribution is -0.125. The second-order valence-corrected chi connectivity index (χ2v) is 9.91. The van der Waals surface area contributed by atoms with Gasteiger partial charge in [0, 0.05) is 13.1 Å². The lowest BCUT2D eigenvalue weighted by Gasteiger charge is -2.31. The summed E-state index contributed by atoms with van der Waals surface area (Å²) in [6.07, 6.45) is 5.90. The number of aliphatic hydroxyl groups is 1. The van der Waals surface area contributed by atoms with E-state index >= 15 is 0 Å². The molecule has 0 aliphatic carbocycles. The van der Waals surface area contributed by atoms with Gasteiger partial charge < -0.3 is 20.1 Å². The Kier molecular flexibility index (Phi) is 8.62. The first-order chi connectivity index (χ1) is 14.9. The Bertz CT molecular complexity index is 850. The zero-order chi connectivity index (χ0) is 22.3. The Hall–Kier alpha value is -1.78. The summed E-state index contributed by atoms with van der Waals surface area (Å²) in [4.78, 5) is 14.8. The maximum absolute atomic E-state index is 12.6. The van der Waals surface area contributed by atoms with Gasteiger partial charge in [0.25, 0.3) is 0 Å². The Labute approximate surface area is 184 Å². The largest absolute Gasteiger partial charge is 0.394 e. The van der Waals surface area contributed by atoms with Crippen LogP contribution in [0.15, 0.2) is 41.3 Å². The lowest BCUT2D eigenvalue weighted by Crippen LogP contribution is -2.49. The minimum atomic E-state index is -3.76. The van der Waals surface area contributed by atoms with Crippen molar-refractivity contribution in [1.29, 1.82) is 0 Å². The molecule has 1 aromatic rings. The number of aryl methyl sites for hydroxylation is 1. The number of likely N-dealkylation sites (tertiary alicyclic amines) is 1. The van der Waals surface area contributed by atoms with Gasteiger partial charge in [-0.25, -0.2) is 13.1 Å². The topological polar surface area (TPSA) is 108 Å². The first-order valence-electron chi connectivity index (χ1n) is 10.9. The van der Waals surface area contributed by atoms with Crippen LogP contribution >= 0.6 is 0 Å². The van der Waals surface area contributed by atoms with Crippen molar-refractivity contribution < 1.29 is 23.1 Å². The quantitative estimate of drug-likeness (QED) is 0.483. The number of sulfonamides is 1. The van der Waals surface area contributed by atoms with Crippen molar-refractivity contribution in [2.75, 3.05) is 32.8 Å². The highest BCUT2D eigenvalue weighted by Crippen LogP contribution is 2.18. The number of benzene rings is 1. The van der Waals surface area contributed by atoms with E-state index in [0.717, 1.165) is 25.2 Å². The van der Waals surface area contributed by atoms with E-state index in [1.165, 1.54) is 31.4 Å². The molecule has 9 heteroatoms. The summed E-state index contributed by atoms with van der Waals surface area (Å²) in [6, 6.07) is 5.82. The number of nitrogens with one attached hydrogen (secondary N) is 2. The van der Waals surface area contributed by atoms with Crippen LogP contribution in [0.1, 0.15) is 31.2 Å². The Morgan fingerprint density at radius 1 is 1.16 bits per heavy atom. The molecule has 2 aliphatic rings. The van der Waals surface area contributed by atoms with E-state index in [0.29, 0.717) is 6.54 Å². The molecule has 2 aliphatic heterocycles. The van der Waals surface area contributed by atoms with Gasteiger partial charge in [0.15, 0.2) is 0 Å². The maximum atomic E-state index is 12.6. The number of piperidine rings is 1. The van der Waals surface area contributed by atoms with Crippen molar-refractivity contribution in [3.63, 3.8) is 0 Å². The molecule has 1 saturated heterocycles. The van der Waals surface area contributed by atoms with Crippen LogP contribution in [-0.2, 0) is 19.6 Å². The molecule has 1 amide bonds. The lowest BCUT2D eigenvalue weighted by atomic mass is 10.1. The summed E-state index contributed by atoms with van der Waals surface area (Å²) in [5, 5.41) is 12.6. The van der Waals surface area contributed by atoms with E-state index in [9.17, 15) is 18.3 Å². The standard InChI is InChI=1S/C22H33N3O5S/c1-17-5-8-19(9-6-17)31(28,29)24-20-10-7-18(30-21(20)16-26)15-22(27)23-11-14-25-12-3-2-4-13-25/h5-10,18,20-21,24,26H,2-4,11-16H2,1H3,(H,23,27)/t18-,20-,21+/m1/s1. The van der Waals surface area contributed by atoms with E-state index in [4.69, 9.17) is 4.74 Å². The van der Waals surface area contributed by atoms with Gasteiger partial charge in [0.2, 0.25) is 15.9 Å². The number of aliphatic hydroxyl groups excluding tert-OH is 1. The van der Waals surface area contributed by atoms with Gasteiger partial charge in [-0.15, -0.1) is 0 Å². The zero-order valence-corrected chi connectivity index (χ0v) is 18.8. The van der Waals surface area contributed by atoms with Gasteiger partial charge >= 0.3 is 0 Å². The summed E-state index contributed by atoms with van der Waals surface area (Å²) < 4.78 is 33.6. The molecule has 0 spiro atoms. The summed E-state index contributed by atoms with van der Waals surface area (Å²) in [7, 11) is -3.76. The molecule has 1 aromatic carbocycles. The van der Waals surface area contributed by atoms with E-state index < -0.39 is 28.3 Å². The predicted molar refractivity (Wildman–Crippen MR) is 118 cm³/mol. The molecule has 0 radical (unpaired) electrons. The highest BCUT2D eigenvalue weighted by molar-refractivity contribution is 7.89. The molecule has 0 saturated carbocycles. The molecule has 3 rings (SSSR count). The Balaban J connectivity index is 1.50. The maximum Gasteiger partial charge on any atom is 0.241 e. The van der Waals surface area contributed by atoms with Crippen molar-refractivity contribution in [2.24, 2.45) is 0 Å². The number of carbonyl (C=O) groups excluding carboxylic acids is 1.